The monoisotopic (exact) mass is 289 g/mol. The topological polar surface area (TPSA) is 21.3 Å². The van der Waals surface area contributed by atoms with E-state index in [1.54, 1.807) is 0 Å². The summed E-state index contributed by atoms with van der Waals surface area (Å²) in [6.45, 7) is 13.5. The fourth-order valence-electron chi connectivity index (χ4n) is 3.64. The number of rotatable bonds is 5. The van der Waals surface area contributed by atoms with E-state index in [9.17, 15) is 0 Å². The zero-order valence-electron chi connectivity index (χ0n) is 14.4. The molecule has 1 saturated carbocycles. The minimum absolute atomic E-state index is 0.230. The van der Waals surface area contributed by atoms with E-state index in [-0.39, 0.29) is 6.10 Å². The van der Waals surface area contributed by atoms with Gasteiger partial charge in [0, 0.05) is 12.1 Å². The van der Waals surface area contributed by atoms with Gasteiger partial charge in [-0.25, -0.2) is 0 Å². The van der Waals surface area contributed by atoms with Gasteiger partial charge in [0.05, 0.1) is 6.10 Å². The summed E-state index contributed by atoms with van der Waals surface area (Å²) in [4.78, 5) is 0. The van der Waals surface area contributed by atoms with Crippen molar-refractivity contribution in [3.05, 3.63) is 29.8 Å². The van der Waals surface area contributed by atoms with Crippen LogP contribution in [0.15, 0.2) is 24.3 Å². The van der Waals surface area contributed by atoms with Gasteiger partial charge >= 0.3 is 0 Å². The van der Waals surface area contributed by atoms with Crippen LogP contribution in [0.25, 0.3) is 0 Å². The molecule has 1 N–H and O–H groups in total. The van der Waals surface area contributed by atoms with Crippen LogP contribution in [0.4, 0.5) is 0 Å². The minimum atomic E-state index is 0.230. The quantitative estimate of drug-likeness (QED) is 0.828. The number of nitrogens with one attached hydrogen (secondary N) is 1. The minimum Gasteiger partial charge on any atom is -0.491 e. The first kappa shape index (κ1) is 16.4. The number of hydrogen-bond donors (Lipinski definition) is 1. The number of benzene rings is 1. The Labute approximate surface area is 130 Å². The molecule has 2 rings (SSSR count). The van der Waals surface area contributed by atoms with Crippen molar-refractivity contribution in [2.24, 2.45) is 11.3 Å². The predicted octanol–water partition coefficient (Wildman–Crippen LogP) is 4.95. The molecule has 0 aromatic heterocycles. The molecule has 0 bridgehead atoms. The van der Waals surface area contributed by atoms with Crippen molar-refractivity contribution in [2.75, 3.05) is 0 Å². The van der Waals surface area contributed by atoms with Gasteiger partial charge in [-0.1, -0.05) is 32.9 Å². The molecule has 0 radical (unpaired) electrons. The molecule has 0 aliphatic heterocycles. The highest BCUT2D eigenvalue weighted by Gasteiger charge is 2.36. The zero-order valence-corrected chi connectivity index (χ0v) is 14.4. The number of hydrogen-bond acceptors (Lipinski definition) is 2. The Bertz CT molecular complexity index is 449. The van der Waals surface area contributed by atoms with E-state index in [2.05, 4.69) is 71.1 Å². The van der Waals surface area contributed by atoms with E-state index in [0.29, 0.717) is 17.5 Å². The molecule has 21 heavy (non-hydrogen) atoms. The van der Waals surface area contributed by atoms with E-state index < -0.39 is 0 Å². The van der Waals surface area contributed by atoms with Gasteiger partial charge in [0.1, 0.15) is 5.75 Å². The molecule has 0 heterocycles. The molecule has 3 unspecified atom stereocenters. The summed E-state index contributed by atoms with van der Waals surface area (Å²) < 4.78 is 5.71. The van der Waals surface area contributed by atoms with E-state index in [1.165, 1.54) is 18.4 Å². The van der Waals surface area contributed by atoms with Crippen LogP contribution in [-0.4, -0.2) is 12.1 Å². The third-order valence-electron chi connectivity index (χ3n) is 4.55. The van der Waals surface area contributed by atoms with Gasteiger partial charge in [0.2, 0.25) is 0 Å². The highest BCUT2D eigenvalue weighted by molar-refractivity contribution is 5.29. The van der Waals surface area contributed by atoms with Crippen LogP contribution in [0.5, 0.6) is 5.75 Å². The lowest BCUT2D eigenvalue weighted by atomic mass is 9.91. The maximum atomic E-state index is 5.71. The summed E-state index contributed by atoms with van der Waals surface area (Å²) in [7, 11) is 0. The summed E-state index contributed by atoms with van der Waals surface area (Å²) in [5.41, 5.74) is 1.81. The lowest BCUT2D eigenvalue weighted by Gasteiger charge is -2.24. The standard InChI is InChI=1S/C19H31NO/c1-13(2)21-17-9-7-16(8-10-17)15(4)20-18-12-19(5,6)11-14(18)3/h7-10,13-15,18,20H,11-12H2,1-6H3. The van der Waals surface area contributed by atoms with Crippen LogP contribution < -0.4 is 10.1 Å². The van der Waals surface area contributed by atoms with Crippen molar-refractivity contribution in [1.29, 1.82) is 0 Å². The third kappa shape index (κ3) is 4.47. The molecule has 2 nitrogen and oxygen atoms in total. The summed E-state index contributed by atoms with van der Waals surface area (Å²) in [6.07, 6.45) is 2.82. The molecular weight excluding hydrogens is 258 g/mol. The highest BCUT2D eigenvalue weighted by Crippen LogP contribution is 2.41. The van der Waals surface area contributed by atoms with Gasteiger partial charge in [0.15, 0.2) is 0 Å². The molecule has 0 saturated heterocycles. The van der Waals surface area contributed by atoms with Gasteiger partial charge < -0.3 is 10.1 Å². The van der Waals surface area contributed by atoms with Crippen LogP contribution in [0, 0.1) is 11.3 Å². The number of ether oxygens (including phenoxy) is 1. The average Bonchev–Trinajstić information content (AvgIpc) is 2.62. The highest BCUT2D eigenvalue weighted by atomic mass is 16.5. The van der Waals surface area contributed by atoms with Crippen molar-refractivity contribution in [2.45, 2.75) is 72.6 Å². The lowest BCUT2D eigenvalue weighted by molar-refractivity contribution is 0.242. The maximum Gasteiger partial charge on any atom is 0.119 e. The predicted molar refractivity (Wildman–Crippen MR) is 89.7 cm³/mol. The summed E-state index contributed by atoms with van der Waals surface area (Å²) in [6, 6.07) is 9.53. The lowest BCUT2D eigenvalue weighted by Crippen LogP contribution is -2.33. The summed E-state index contributed by atoms with van der Waals surface area (Å²) in [5.74, 6) is 1.71. The van der Waals surface area contributed by atoms with Crippen LogP contribution in [0.2, 0.25) is 0 Å². The Morgan fingerprint density at radius 1 is 1.10 bits per heavy atom. The Morgan fingerprint density at radius 2 is 1.71 bits per heavy atom. The van der Waals surface area contributed by atoms with Crippen LogP contribution in [0.1, 0.15) is 66.0 Å². The zero-order chi connectivity index (χ0) is 15.6. The van der Waals surface area contributed by atoms with E-state index in [1.807, 2.05) is 0 Å². The second-order valence-corrected chi connectivity index (χ2v) is 7.78. The van der Waals surface area contributed by atoms with Crippen molar-refractivity contribution in [1.82, 2.24) is 5.32 Å². The second kappa shape index (κ2) is 6.39. The fourth-order valence-corrected chi connectivity index (χ4v) is 3.64. The molecule has 1 aromatic carbocycles. The normalized spacial score (nSPS) is 26.0. The third-order valence-corrected chi connectivity index (χ3v) is 4.55. The van der Waals surface area contributed by atoms with E-state index >= 15 is 0 Å². The molecule has 1 aliphatic rings. The smallest absolute Gasteiger partial charge is 0.119 e. The van der Waals surface area contributed by atoms with Crippen molar-refractivity contribution < 1.29 is 4.74 Å². The van der Waals surface area contributed by atoms with Crippen LogP contribution in [-0.2, 0) is 0 Å². The maximum absolute atomic E-state index is 5.71. The molecular formula is C19H31NO. The Hall–Kier alpha value is -1.02. The Balaban J connectivity index is 1.96. The molecule has 3 atom stereocenters. The molecule has 1 aromatic rings. The summed E-state index contributed by atoms with van der Waals surface area (Å²) >= 11 is 0. The first-order valence-corrected chi connectivity index (χ1v) is 8.29. The molecule has 0 spiro atoms. The Morgan fingerprint density at radius 3 is 2.19 bits per heavy atom. The molecule has 1 aliphatic carbocycles. The van der Waals surface area contributed by atoms with Crippen LogP contribution in [0.3, 0.4) is 0 Å². The van der Waals surface area contributed by atoms with Gasteiger partial charge in [-0.2, -0.15) is 0 Å². The van der Waals surface area contributed by atoms with Crippen molar-refractivity contribution in [3.8, 4) is 5.75 Å². The van der Waals surface area contributed by atoms with E-state index in [0.717, 1.165) is 11.7 Å². The molecule has 1 fully saturated rings. The van der Waals surface area contributed by atoms with E-state index in [4.69, 9.17) is 4.74 Å². The molecule has 118 valence electrons. The van der Waals surface area contributed by atoms with Crippen molar-refractivity contribution >= 4 is 0 Å². The Kier molecular flexibility index (Phi) is 4.98. The average molecular weight is 289 g/mol. The summed E-state index contributed by atoms with van der Waals surface area (Å²) in [5, 5.41) is 3.82. The van der Waals surface area contributed by atoms with Gasteiger partial charge in [0.25, 0.3) is 0 Å². The first-order valence-electron chi connectivity index (χ1n) is 8.29. The van der Waals surface area contributed by atoms with Gasteiger partial charge in [-0.15, -0.1) is 0 Å². The van der Waals surface area contributed by atoms with Crippen LogP contribution >= 0.6 is 0 Å². The molecule has 2 heteroatoms. The largest absolute Gasteiger partial charge is 0.491 e. The van der Waals surface area contributed by atoms with Gasteiger partial charge in [-0.05, 0) is 62.6 Å². The second-order valence-electron chi connectivity index (χ2n) is 7.78. The first-order chi connectivity index (χ1) is 9.77. The van der Waals surface area contributed by atoms with Crippen molar-refractivity contribution in [3.63, 3.8) is 0 Å². The fraction of sp³-hybridized carbons (Fsp3) is 0.684. The van der Waals surface area contributed by atoms with Gasteiger partial charge in [-0.3, -0.25) is 0 Å². The SMILES string of the molecule is CC(C)Oc1ccc(C(C)NC2CC(C)(C)CC2C)cc1. The molecule has 0 amide bonds.